The van der Waals surface area contributed by atoms with E-state index in [1.807, 2.05) is 26.1 Å². The molecule has 0 saturated heterocycles. The van der Waals surface area contributed by atoms with E-state index in [4.69, 9.17) is 21.6 Å². The Labute approximate surface area is 196 Å². The van der Waals surface area contributed by atoms with E-state index in [1.165, 1.54) is 19.3 Å². The molecule has 1 fully saturated rings. The molecule has 2 N–H and O–H groups in total. The van der Waals surface area contributed by atoms with Crippen molar-refractivity contribution in [3.63, 3.8) is 0 Å². The Hall–Kier alpha value is -3.22. The summed E-state index contributed by atoms with van der Waals surface area (Å²) in [6.07, 6.45) is 5.88. The van der Waals surface area contributed by atoms with Crippen LogP contribution >= 0.6 is 11.6 Å². The second-order valence-corrected chi connectivity index (χ2v) is 8.80. The third-order valence-electron chi connectivity index (χ3n) is 6.56. The van der Waals surface area contributed by atoms with Gasteiger partial charge in [-0.15, -0.1) is 0 Å². The van der Waals surface area contributed by atoms with Crippen LogP contribution in [-0.2, 0) is 13.2 Å². The molecule has 33 heavy (non-hydrogen) atoms. The van der Waals surface area contributed by atoms with Gasteiger partial charge in [-0.25, -0.2) is 9.97 Å². The maximum Gasteiger partial charge on any atom is 0.202 e. The number of aryl methyl sites for hydroxylation is 1. The van der Waals surface area contributed by atoms with Crippen molar-refractivity contribution in [1.82, 2.24) is 29.9 Å². The molecule has 0 spiro atoms. The summed E-state index contributed by atoms with van der Waals surface area (Å²) in [5, 5.41) is 32.6. The van der Waals surface area contributed by atoms with E-state index in [-0.39, 0.29) is 6.61 Å². The molecule has 10 heteroatoms. The number of nitrogens with one attached hydrogen (secondary N) is 1. The highest BCUT2D eigenvalue weighted by atomic mass is 35.5. The second-order valence-electron chi connectivity index (χ2n) is 8.42. The standard InChI is InChI=1S/C23H25ClN8O/c1-3-32-17(11-25)18-15(30-32)10-9-14(19(18)24)20-21-22(29-28-20)27-23(16(12-33)26-21)31(2)13-7-5-4-6-8-13/h9-10,13,33H,3-8,12H2,1-2H3,(H,27,28,29). The molecule has 0 aliphatic heterocycles. The Kier molecular flexibility index (Phi) is 5.64. The molecule has 1 aliphatic rings. The highest BCUT2D eigenvalue weighted by molar-refractivity contribution is 6.38. The molecular weight excluding hydrogens is 440 g/mol. The van der Waals surface area contributed by atoms with Gasteiger partial charge in [0, 0.05) is 25.2 Å². The monoisotopic (exact) mass is 464 g/mol. The van der Waals surface area contributed by atoms with E-state index in [2.05, 4.69) is 26.3 Å². The van der Waals surface area contributed by atoms with Crippen LogP contribution in [-0.4, -0.2) is 48.1 Å². The van der Waals surface area contributed by atoms with E-state index in [1.54, 1.807) is 4.68 Å². The first-order valence-corrected chi connectivity index (χ1v) is 11.6. The summed E-state index contributed by atoms with van der Waals surface area (Å²) >= 11 is 6.79. The molecule has 0 atom stereocenters. The molecule has 5 rings (SSSR count). The fraction of sp³-hybridized carbons (Fsp3) is 0.435. The second kappa shape index (κ2) is 8.61. The molecule has 1 saturated carbocycles. The van der Waals surface area contributed by atoms with E-state index >= 15 is 0 Å². The van der Waals surface area contributed by atoms with Crippen molar-refractivity contribution < 1.29 is 5.11 Å². The first kappa shape index (κ1) is 21.6. The van der Waals surface area contributed by atoms with Crippen LogP contribution in [0.3, 0.4) is 0 Å². The Balaban J connectivity index is 1.64. The maximum absolute atomic E-state index is 10.1. The van der Waals surface area contributed by atoms with Crippen LogP contribution in [0.5, 0.6) is 0 Å². The number of rotatable bonds is 5. The molecule has 0 radical (unpaired) electrons. The van der Waals surface area contributed by atoms with Gasteiger partial charge >= 0.3 is 0 Å². The van der Waals surface area contributed by atoms with Crippen LogP contribution in [0.15, 0.2) is 12.1 Å². The minimum absolute atomic E-state index is 0.228. The highest BCUT2D eigenvalue weighted by Crippen LogP contribution is 2.38. The van der Waals surface area contributed by atoms with Crippen molar-refractivity contribution >= 4 is 39.5 Å². The van der Waals surface area contributed by atoms with Crippen molar-refractivity contribution in [1.29, 1.82) is 5.26 Å². The van der Waals surface area contributed by atoms with Crippen LogP contribution in [0.1, 0.15) is 50.4 Å². The highest BCUT2D eigenvalue weighted by Gasteiger charge is 2.25. The number of aliphatic hydroxyl groups excluding tert-OH is 1. The van der Waals surface area contributed by atoms with E-state index < -0.39 is 0 Å². The molecule has 3 heterocycles. The minimum atomic E-state index is -0.228. The van der Waals surface area contributed by atoms with Gasteiger partial charge in [0.2, 0.25) is 5.65 Å². The summed E-state index contributed by atoms with van der Waals surface area (Å²) in [7, 11) is 2.01. The van der Waals surface area contributed by atoms with Crippen LogP contribution in [0, 0.1) is 11.3 Å². The summed E-state index contributed by atoms with van der Waals surface area (Å²) in [5.74, 6) is 0.660. The van der Waals surface area contributed by atoms with Crippen LogP contribution in [0.4, 0.5) is 5.82 Å². The van der Waals surface area contributed by atoms with E-state index in [0.29, 0.717) is 68.1 Å². The van der Waals surface area contributed by atoms with Crippen LogP contribution < -0.4 is 4.90 Å². The topological polar surface area (TPSA) is 120 Å². The predicted molar refractivity (Wildman–Crippen MR) is 127 cm³/mol. The number of aliphatic hydroxyl groups is 1. The molecule has 3 aromatic heterocycles. The fourth-order valence-corrected chi connectivity index (χ4v) is 5.14. The van der Waals surface area contributed by atoms with Gasteiger partial charge in [0.1, 0.15) is 23.0 Å². The summed E-state index contributed by atoms with van der Waals surface area (Å²) in [5.41, 5.74) is 3.82. The predicted octanol–water partition coefficient (Wildman–Crippen LogP) is 4.18. The average Bonchev–Trinajstić information content (AvgIpc) is 3.44. The lowest BCUT2D eigenvalue weighted by molar-refractivity contribution is 0.276. The normalized spacial score (nSPS) is 14.8. The Morgan fingerprint density at radius 2 is 2.06 bits per heavy atom. The number of anilines is 1. The van der Waals surface area contributed by atoms with Crippen molar-refractivity contribution in [2.75, 3.05) is 11.9 Å². The van der Waals surface area contributed by atoms with Crippen molar-refractivity contribution in [2.45, 2.75) is 58.2 Å². The molecule has 0 unspecified atom stereocenters. The third-order valence-corrected chi connectivity index (χ3v) is 6.96. The van der Waals surface area contributed by atoms with Crippen LogP contribution in [0.2, 0.25) is 5.02 Å². The molecule has 9 nitrogen and oxygen atoms in total. The van der Waals surface area contributed by atoms with Crippen molar-refractivity contribution in [3.05, 3.63) is 28.5 Å². The summed E-state index contributed by atoms with van der Waals surface area (Å²) in [6, 6.07) is 6.27. The lowest BCUT2D eigenvalue weighted by Crippen LogP contribution is -2.34. The molecule has 0 bridgehead atoms. The molecule has 4 aromatic rings. The SMILES string of the molecule is CCn1nc2ccc(-c3[nH]nc4nc(N(C)C5CCCCC5)c(CO)nc34)c(Cl)c2c1C#N. The fourth-order valence-electron chi connectivity index (χ4n) is 4.80. The molecule has 1 aliphatic carbocycles. The molecular formula is C23H25ClN8O. The maximum atomic E-state index is 10.1. The Bertz CT molecular complexity index is 1380. The van der Waals surface area contributed by atoms with E-state index in [0.717, 1.165) is 12.8 Å². The van der Waals surface area contributed by atoms with Crippen molar-refractivity contribution in [2.24, 2.45) is 0 Å². The summed E-state index contributed by atoms with van der Waals surface area (Å²) in [6.45, 7) is 2.27. The first-order chi connectivity index (χ1) is 16.1. The van der Waals surface area contributed by atoms with Gasteiger partial charge in [0.25, 0.3) is 0 Å². The minimum Gasteiger partial charge on any atom is -0.390 e. The zero-order chi connectivity index (χ0) is 23.1. The van der Waals surface area contributed by atoms with Gasteiger partial charge in [-0.1, -0.05) is 30.9 Å². The summed E-state index contributed by atoms with van der Waals surface area (Å²) in [4.78, 5) is 11.6. The molecule has 0 amide bonds. The van der Waals surface area contributed by atoms with Gasteiger partial charge in [0.05, 0.1) is 28.2 Å². The smallest absolute Gasteiger partial charge is 0.202 e. The van der Waals surface area contributed by atoms with Gasteiger partial charge < -0.3 is 10.0 Å². The molecule has 170 valence electrons. The number of aromatic nitrogens is 6. The number of hydrogen-bond acceptors (Lipinski definition) is 7. The van der Waals surface area contributed by atoms with Crippen molar-refractivity contribution in [3.8, 4) is 17.3 Å². The summed E-state index contributed by atoms with van der Waals surface area (Å²) < 4.78 is 1.64. The number of aromatic amines is 1. The zero-order valence-electron chi connectivity index (χ0n) is 18.6. The largest absolute Gasteiger partial charge is 0.390 e. The number of nitriles is 1. The average molecular weight is 465 g/mol. The quantitative estimate of drug-likeness (QED) is 0.454. The van der Waals surface area contributed by atoms with Gasteiger partial charge in [-0.2, -0.15) is 15.5 Å². The third kappa shape index (κ3) is 3.50. The Morgan fingerprint density at radius 3 is 2.76 bits per heavy atom. The number of benzene rings is 1. The van der Waals surface area contributed by atoms with E-state index in [9.17, 15) is 10.4 Å². The number of hydrogen-bond donors (Lipinski definition) is 2. The first-order valence-electron chi connectivity index (χ1n) is 11.3. The number of halogens is 1. The lowest BCUT2D eigenvalue weighted by atomic mass is 9.94. The van der Waals surface area contributed by atoms with Gasteiger partial charge in [0.15, 0.2) is 5.82 Å². The number of nitrogens with zero attached hydrogens (tertiary/aromatic N) is 7. The zero-order valence-corrected chi connectivity index (χ0v) is 19.4. The van der Waals surface area contributed by atoms with Gasteiger partial charge in [-0.05, 0) is 31.9 Å². The Morgan fingerprint density at radius 1 is 1.27 bits per heavy atom. The number of fused-ring (bicyclic) bond motifs is 2. The lowest BCUT2D eigenvalue weighted by Gasteiger charge is -2.32. The number of H-pyrrole nitrogens is 1. The van der Waals surface area contributed by atoms with Gasteiger partial charge in [-0.3, -0.25) is 9.78 Å². The van der Waals surface area contributed by atoms with Crippen LogP contribution in [0.25, 0.3) is 33.3 Å². The molecule has 1 aromatic carbocycles.